The standard InChI is InChI=1S/C30H34N2O7S2/c1-5-37-30(34)27-20(4)26(14-21-6-11-24-25(13-21)39-17-38-24)40-29(27)31-28(33)22-7-9-23(10-8-22)41(35,36)32-15-18(2)12-19(3)16-32/h6-11,13,18-19H,5,12,14-17H2,1-4H3,(H,31,33)/t18-,19-/m0/s1. The van der Waals surface area contributed by atoms with Crippen LogP contribution in [0.1, 0.15) is 63.9 Å². The number of piperidine rings is 1. The highest BCUT2D eigenvalue weighted by Gasteiger charge is 2.32. The van der Waals surface area contributed by atoms with Crippen LogP contribution in [0.3, 0.4) is 0 Å². The van der Waals surface area contributed by atoms with Gasteiger partial charge in [-0.2, -0.15) is 4.31 Å². The minimum atomic E-state index is -3.66. The molecule has 1 N–H and O–H groups in total. The first kappa shape index (κ1) is 29.1. The molecule has 0 aliphatic carbocycles. The summed E-state index contributed by atoms with van der Waals surface area (Å²) in [6.07, 6.45) is 1.52. The smallest absolute Gasteiger partial charge is 0.341 e. The molecule has 2 atom stereocenters. The van der Waals surface area contributed by atoms with Gasteiger partial charge in [-0.3, -0.25) is 4.79 Å². The zero-order valence-corrected chi connectivity index (χ0v) is 25.2. The number of carbonyl (C=O) groups is 2. The van der Waals surface area contributed by atoms with Gasteiger partial charge in [0.05, 0.1) is 17.1 Å². The van der Waals surface area contributed by atoms with Gasteiger partial charge in [0.2, 0.25) is 16.8 Å². The van der Waals surface area contributed by atoms with Crippen molar-refractivity contribution < 1.29 is 32.2 Å². The number of nitrogens with zero attached hydrogens (tertiary/aromatic N) is 1. The van der Waals surface area contributed by atoms with Crippen LogP contribution in [0.5, 0.6) is 11.5 Å². The number of hydrogen-bond donors (Lipinski definition) is 1. The summed E-state index contributed by atoms with van der Waals surface area (Å²) in [5, 5.41) is 3.25. The molecule has 0 unspecified atom stereocenters. The first-order valence-corrected chi connectivity index (χ1v) is 15.9. The van der Waals surface area contributed by atoms with E-state index in [4.69, 9.17) is 14.2 Å². The van der Waals surface area contributed by atoms with Crippen molar-refractivity contribution >= 4 is 38.2 Å². The fourth-order valence-electron chi connectivity index (χ4n) is 5.41. The van der Waals surface area contributed by atoms with Crippen molar-refractivity contribution in [3.63, 3.8) is 0 Å². The molecule has 2 aromatic carbocycles. The number of thiophene rings is 1. The molecular formula is C30H34N2O7S2. The Balaban J connectivity index is 1.37. The quantitative estimate of drug-likeness (QED) is 0.342. The van der Waals surface area contributed by atoms with Crippen LogP contribution in [-0.2, 0) is 21.2 Å². The third kappa shape index (κ3) is 6.12. The van der Waals surface area contributed by atoms with Gasteiger partial charge in [0, 0.05) is 30.0 Å². The Morgan fingerprint density at radius 3 is 2.41 bits per heavy atom. The van der Waals surface area contributed by atoms with Crippen molar-refractivity contribution in [2.24, 2.45) is 11.8 Å². The minimum Gasteiger partial charge on any atom is -0.462 e. The molecular weight excluding hydrogens is 564 g/mol. The molecule has 0 bridgehead atoms. The number of sulfonamides is 1. The second kappa shape index (κ2) is 11.8. The molecule has 3 aromatic rings. The highest BCUT2D eigenvalue weighted by Crippen LogP contribution is 2.38. The summed E-state index contributed by atoms with van der Waals surface area (Å²) in [6, 6.07) is 11.6. The van der Waals surface area contributed by atoms with Gasteiger partial charge in [0.15, 0.2) is 11.5 Å². The Bertz CT molecular complexity index is 1550. The summed E-state index contributed by atoms with van der Waals surface area (Å²) < 4.78 is 44.2. The fraction of sp³-hybridized carbons (Fsp3) is 0.400. The highest BCUT2D eigenvalue weighted by atomic mass is 32.2. The Morgan fingerprint density at radius 1 is 1.05 bits per heavy atom. The number of carbonyl (C=O) groups excluding carboxylic acids is 2. The number of benzene rings is 2. The fourth-order valence-corrected chi connectivity index (χ4v) is 8.31. The summed E-state index contributed by atoms with van der Waals surface area (Å²) in [7, 11) is -3.66. The Kier molecular flexibility index (Phi) is 8.40. The largest absolute Gasteiger partial charge is 0.462 e. The second-order valence-electron chi connectivity index (χ2n) is 10.7. The number of fused-ring (bicyclic) bond motifs is 1. The van der Waals surface area contributed by atoms with Gasteiger partial charge in [-0.25, -0.2) is 13.2 Å². The SMILES string of the molecule is CCOC(=O)c1c(NC(=O)c2ccc(S(=O)(=O)N3C[C@@H](C)C[C@H](C)C3)cc2)sc(Cc2ccc3c(c2)OCO3)c1C. The zero-order chi connectivity index (χ0) is 29.3. The van der Waals surface area contributed by atoms with Crippen LogP contribution in [0, 0.1) is 18.8 Å². The summed E-state index contributed by atoms with van der Waals surface area (Å²) in [6.45, 7) is 9.03. The van der Waals surface area contributed by atoms with Crippen LogP contribution in [0.2, 0.25) is 0 Å². The van der Waals surface area contributed by atoms with Crippen molar-refractivity contribution in [2.75, 3.05) is 31.8 Å². The molecule has 5 rings (SSSR count). The topological polar surface area (TPSA) is 111 Å². The Labute approximate surface area is 244 Å². The lowest BCUT2D eigenvalue weighted by Crippen LogP contribution is -2.42. The molecule has 0 spiro atoms. The third-order valence-electron chi connectivity index (χ3n) is 7.34. The average molecular weight is 599 g/mol. The van der Waals surface area contributed by atoms with E-state index < -0.39 is 21.9 Å². The van der Waals surface area contributed by atoms with E-state index in [1.807, 2.05) is 25.1 Å². The molecule has 0 saturated carbocycles. The maximum Gasteiger partial charge on any atom is 0.341 e. The molecule has 2 aliphatic heterocycles. The molecule has 0 radical (unpaired) electrons. The predicted molar refractivity (Wildman–Crippen MR) is 156 cm³/mol. The lowest BCUT2D eigenvalue weighted by atomic mass is 9.94. The lowest BCUT2D eigenvalue weighted by molar-refractivity contribution is 0.0527. The first-order chi connectivity index (χ1) is 19.6. The molecule has 41 heavy (non-hydrogen) atoms. The molecule has 218 valence electrons. The van der Waals surface area contributed by atoms with E-state index in [-0.39, 0.29) is 35.7 Å². The van der Waals surface area contributed by atoms with Crippen LogP contribution in [0.25, 0.3) is 0 Å². The monoisotopic (exact) mass is 598 g/mol. The molecule has 11 heteroatoms. The second-order valence-corrected chi connectivity index (χ2v) is 13.7. The van der Waals surface area contributed by atoms with Crippen molar-refractivity contribution in [2.45, 2.75) is 45.4 Å². The minimum absolute atomic E-state index is 0.153. The maximum absolute atomic E-state index is 13.3. The van der Waals surface area contributed by atoms with Crippen molar-refractivity contribution in [3.05, 3.63) is 69.6 Å². The van der Waals surface area contributed by atoms with Gasteiger partial charge in [-0.05, 0) is 79.6 Å². The van der Waals surface area contributed by atoms with Crippen LogP contribution >= 0.6 is 11.3 Å². The van der Waals surface area contributed by atoms with E-state index >= 15 is 0 Å². The number of anilines is 1. The molecule has 1 aromatic heterocycles. The normalized spacial score (nSPS) is 18.7. The highest BCUT2D eigenvalue weighted by molar-refractivity contribution is 7.89. The first-order valence-electron chi connectivity index (χ1n) is 13.7. The molecule has 1 amide bonds. The predicted octanol–water partition coefficient (Wildman–Crippen LogP) is 5.47. The van der Waals surface area contributed by atoms with Crippen LogP contribution < -0.4 is 14.8 Å². The lowest BCUT2D eigenvalue weighted by Gasteiger charge is -2.34. The van der Waals surface area contributed by atoms with E-state index in [0.717, 1.165) is 22.4 Å². The maximum atomic E-state index is 13.3. The summed E-state index contributed by atoms with van der Waals surface area (Å²) in [5.41, 5.74) is 2.30. The molecule has 1 saturated heterocycles. The van der Waals surface area contributed by atoms with Crippen LogP contribution in [0.4, 0.5) is 5.00 Å². The molecule has 9 nitrogen and oxygen atoms in total. The number of hydrogen-bond acceptors (Lipinski definition) is 8. The Morgan fingerprint density at radius 2 is 1.73 bits per heavy atom. The number of nitrogens with one attached hydrogen (secondary N) is 1. The van der Waals surface area contributed by atoms with E-state index in [1.54, 1.807) is 6.92 Å². The van der Waals surface area contributed by atoms with Gasteiger partial charge in [0.25, 0.3) is 5.91 Å². The van der Waals surface area contributed by atoms with Crippen molar-refractivity contribution in [3.8, 4) is 11.5 Å². The van der Waals surface area contributed by atoms with E-state index in [1.165, 1.54) is 39.9 Å². The van der Waals surface area contributed by atoms with E-state index in [0.29, 0.717) is 41.6 Å². The van der Waals surface area contributed by atoms with Crippen molar-refractivity contribution in [1.29, 1.82) is 0 Å². The zero-order valence-electron chi connectivity index (χ0n) is 23.6. The van der Waals surface area contributed by atoms with Crippen molar-refractivity contribution in [1.82, 2.24) is 4.31 Å². The number of rotatable bonds is 8. The molecule has 1 fully saturated rings. The summed E-state index contributed by atoms with van der Waals surface area (Å²) >= 11 is 1.31. The van der Waals surface area contributed by atoms with E-state index in [2.05, 4.69) is 19.2 Å². The average Bonchev–Trinajstić information content (AvgIpc) is 3.52. The molecule has 2 aliphatic rings. The van der Waals surface area contributed by atoms with Gasteiger partial charge >= 0.3 is 5.97 Å². The number of amides is 1. The number of esters is 1. The van der Waals surface area contributed by atoms with Gasteiger partial charge < -0.3 is 19.5 Å². The number of ether oxygens (including phenoxy) is 3. The summed E-state index contributed by atoms with van der Waals surface area (Å²) in [4.78, 5) is 27.2. The van der Waals surface area contributed by atoms with Crippen LogP contribution in [-0.4, -0.2) is 51.1 Å². The van der Waals surface area contributed by atoms with Crippen LogP contribution in [0.15, 0.2) is 47.4 Å². The summed E-state index contributed by atoms with van der Waals surface area (Å²) in [5.74, 6) is 0.976. The molecule has 3 heterocycles. The van der Waals surface area contributed by atoms with E-state index in [9.17, 15) is 18.0 Å². The van der Waals surface area contributed by atoms with Gasteiger partial charge in [0.1, 0.15) is 5.00 Å². The Hall–Kier alpha value is -3.41. The van der Waals surface area contributed by atoms with Gasteiger partial charge in [-0.1, -0.05) is 19.9 Å². The third-order valence-corrected chi connectivity index (χ3v) is 10.4. The van der Waals surface area contributed by atoms with Gasteiger partial charge in [-0.15, -0.1) is 11.3 Å².